The number of H-pyrrole nitrogens is 1. The number of fused-ring (bicyclic) bond motifs is 1. The Kier molecular flexibility index (Phi) is 3.58. The molecule has 0 aliphatic heterocycles. The van der Waals surface area contributed by atoms with Crippen molar-refractivity contribution in [2.24, 2.45) is 0 Å². The molecule has 20 heavy (non-hydrogen) atoms. The molecule has 6 heteroatoms. The Morgan fingerprint density at radius 1 is 1.25 bits per heavy atom. The number of benzene rings is 2. The molecule has 0 saturated heterocycles. The van der Waals surface area contributed by atoms with E-state index in [1.54, 1.807) is 7.11 Å². The number of rotatable bonds is 2. The summed E-state index contributed by atoms with van der Waals surface area (Å²) in [4.78, 5) is 3.19. The van der Waals surface area contributed by atoms with Crippen LogP contribution >= 0.6 is 39.7 Å². The molecule has 1 N–H and O–H groups in total. The van der Waals surface area contributed by atoms with E-state index in [1.807, 2.05) is 41.0 Å². The number of hydrogen-bond acceptors (Lipinski definition) is 2. The molecule has 1 aromatic heterocycles. The van der Waals surface area contributed by atoms with Gasteiger partial charge in [0, 0.05) is 15.6 Å². The normalized spacial score (nSPS) is 10.9. The summed E-state index contributed by atoms with van der Waals surface area (Å²) in [5, 5.41) is 0.671. The Hall–Kier alpha value is -1.30. The molecule has 0 aliphatic rings. The lowest BCUT2D eigenvalue weighted by Gasteiger charge is -2.08. The van der Waals surface area contributed by atoms with Crippen LogP contribution in [0, 0.1) is 4.77 Å². The second-order valence-corrected chi connectivity index (χ2v) is 5.92. The highest BCUT2D eigenvalue weighted by molar-refractivity contribution is 9.10. The highest BCUT2D eigenvalue weighted by Gasteiger charge is 2.10. The first-order valence-electron chi connectivity index (χ1n) is 5.84. The number of methoxy groups -OCH3 is 1. The van der Waals surface area contributed by atoms with Gasteiger partial charge >= 0.3 is 0 Å². The van der Waals surface area contributed by atoms with Gasteiger partial charge in [-0.1, -0.05) is 11.6 Å². The fourth-order valence-electron chi connectivity index (χ4n) is 2.11. The molecule has 3 rings (SSSR count). The average Bonchev–Trinajstić information content (AvgIpc) is 2.74. The first-order chi connectivity index (χ1) is 9.60. The van der Waals surface area contributed by atoms with E-state index in [-0.39, 0.29) is 0 Å². The SMILES string of the molecule is COc1ccc2[nH]c(=S)n(-c3ccc(Cl)cc3Br)c2c1. The summed E-state index contributed by atoms with van der Waals surface area (Å²) in [6.07, 6.45) is 0. The summed E-state index contributed by atoms with van der Waals surface area (Å²) < 4.78 is 8.73. The van der Waals surface area contributed by atoms with Crippen LogP contribution in [-0.4, -0.2) is 16.7 Å². The second-order valence-electron chi connectivity index (χ2n) is 4.24. The van der Waals surface area contributed by atoms with Gasteiger partial charge in [0.2, 0.25) is 0 Å². The second kappa shape index (κ2) is 5.24. The van der Waals surface area contributed by atoms with E-state index >= 15 is 0 Å². The van der Waals surface area contributed by atoms with Gasteiger partial charge in [-0.25, -0.2) is 0 Å². The molecule has 3 aromatic rings. The first-order valence-corrected chi connectivity index (χ1v) is 7.42. The van der Waals surface area contributed by atoms with Gasteiger partial charge in [0.15, 0.2) is 4.77 Å². The largest absolute Gasteiger partial charge is 0.497 e. The molecular formula is C14H10BrClN2OS. The molecule has 0 atom stereocenters. The number of hydrogen-bond donors (Lipinski definition) is 1. The van der Waals surface area contributed by atoms with Gasteiger partial charge < -0.3 is 9.72 Å². The van der Waals surface area contributed by atoms with Crippen LogP contribution < -0.4 is 4.74 Å². The van der Waals surface area contributed by atoms with Crippen LogP contribution in [0.1, 0.15) is 0 Å². The first kappa shape index (κ1) is 13.7. The Balaban J connectivity index is 2.34. The summed E-state index contributed by atoms with van der Waals surface area (Å²) in [5.41, 5.74) is 2.84. The van der Waals surface area contributed by atoms with Gasteiger partial charge in [0.25, 0.3) is 0 Å². The fourth-order valence-corrected chi connectivity index (χ4v) is 3.28. The Bertz CT molecular complexity index is 856. The number of nitrogens with zero attached hydrogens (tertiary/aromatic N) is 1. The fraction of sp³-hybridized carbons (Fsp3) is 0.0714. The summed E-state index contributed by atoms with van der Waals surface area (Å²) in [5.74, 6) is 0.783. The molecule has 0 unspecified atom stereocenters. The van der Waals surface area contributed by atoms with Gasteiger partial charge in [-0.2, -0.15) is 0 Å². The molecule has 3 nitrogen and oxygen atoms in total. The van der Waals surface area contributed by atoms with E-state index < -0.39 is 0 Å². The molecule has 0 spiro atoms. The Morgan fingerprint density at radius 2 is 2.05 bits per heavy atom. The lowest BCUT2D eigenvalue weighted by molar-refractivity contribution is 0.415. The van der Waals surface area contributed by atoms with Crippen molar-refractivity contribution in [1.29, 1.82) is 0 Å². The summed E-state index contributed by atoms with van der Waals surface area (Å²) in [7, 11) is 1.64. The van der Waals surface area contributed by atoms with Crippen molar-refractivity contribution in [3.8, 4) is 11.4 Å². The van der Waals surface area contributed by atoms with Crippen molar-refractivity contribution in [3.63, 3.8) is 0 Å². The highest BCUT2D eigenvalue weighted by atomic mass is 79.9. The van der Waals surface area contributed by atoms with E-state index in [9.17, 15) is 0 Å². The monoisotopic (exact) mass is 368 g/mol. The quantitative estimate of drug-likeness (QED) is 0.636. The van der Waals surface area contributed by atoms with Gasteiger partial charge in [0.1, 0.15) is 5.75 Å². The minimum absolute atomic E-state index is 0.622. The molecule has 0 bridgehead atoms. The van der Waals surface area contributed by atoms with E-state index in [2.05, 4.69) is 20.9 Å². The molecule has 2 aromatic carbocycles. The van der Waals surface area contributed by atoms with Gasteiger partial charge in [-0.15, -0.1) is 0 Å². The van der Waals surface area contributed by atoms with Crippen LogP contribution in [0.2, 0.25) is 5.02 Å². The van der Waals surface area contributed by atoms with E-state index in [4.69, 9.17) is 28.6 Å². The number of aromatic amines is 1. The maximum absolute atomic E-state index is 5.99. The maximum atomic E-state index is 5.99. The maximum Gasteiger partial charge on any atom is 0.182 e. The van der Waals surface area contributed by atoms with Crippen LogP contribution in [0.25, 0.3) is 16.7 Å². The summed E-state index contributed by atoms with van der Waals surface area (Å²) >= 11 is 14.9. The van der Waals surface area contributed by atoms with Gasteiger partial charge in [0.05, 0.1) is 23.8 Å². The van der Waals surface area contributed by atoms with E-state index in [0.717, 1.165) is 26.9 Å². The molecular weight excluding hydrogens is 360 g/mol. The zero-order valence-corrected chi connectivity index (χ0v) is 13.6. The average molecular weight is 370 g/mol. The van der Waals surface area contributed by atoms with Crippen LogP contribution in [0.3, 0.4) is 0 Å². The van der Waals surface area contributed by atoms with E-state index in [1.165, 1.54) is 0 Å². The molecule has 102 valence electrons. The Morgan fingerprint density at radius 3 is 2.75 bits per heavy atom. The van der Waals surface area contributed by atoms with Gasteiger partial charge in [-0.05, 0) is 58.5 Å². The summed E-state index contributed by atoms with van der Waals surface area (Å²) in [6.45, 7) is 0. The predicted octanol–water partition coefficient (Wildman–Crippen LogP) is 5.11. The third-order valence-corrected chi connectivity index (χ3v) is 4.20. The number of halogens is 2. The van der Waals surface area contributed by atoms with E-state index in [0.29, 0.717) is 9.79 Å². The van der Waals surface area contributed by atoms with Crippen molar-refractivity contribution < 1.29 is 4.74 Å². The predicted molar refractivity (Wildman–Crippen MR) is 87.7 cm³/mol. The van der Waals surface area contributed by atoms with Crippen molar-refractivity contribution in [2.45, 2.75) is 0 Å². The molecule has 0 aliphatic carbocycles. The lowest BCUT2D eigenvalue weighted by Crippen LogP contribution is -1.95. The van der Waals surface area contributed by atoms with Crippen molar-refractivity contribution in [3.05, 3.63) is 50.7 Å². The third kappa shape index (κ3) is 2.26. The third-order valence-electron chi connectivity index (χ3n) is 3.04. The number of aromatic nitrogens is 2. The zero-order valence-electron chi connectivity index (χ0n) is 10.5. The highest BCUT2D eigenvalue weighted by Crippen LogP contribution is 2.29. The topological polar surface area (TPSA) is 29.9 Å². The van der Waals surface area contributed by atoms with Crippen molar-refractivity contribution >= 4 is 50.8 Å². The number of nitrogens with one attached hydrogen (secondary N) is 1. The minimum Gasteiger partial charge on any atom is -0.497 e. The molecule has 0 radical (unpaired) electrons. The van der Waals surface area contributed by atoms with Crippen molar-refractivity contribution in [1.82, 2.24) is 9.55 Å². The Labute approximate surface area is 134 Å². The number of ether oxygens (including phenoxy) is 1. The molecule has 0 saturated carbocycles. The van der Waals surface area contributed by atoms with Crippen LogP contribution in [0.15, 0.2) is 40.9 Å². The number of imidazole rings is 1. The summed E-state index contributed by atoms with van der Waals surface area (Å²) in [6, 6.07) is 11.4. The molecule has 0 amide bonds. The molecule has 0 fully saturated rings. The smallest absolute Gasteiger partial charge is 0.182 e. The lowest BCUT2D eigenvalue weighted by atomic mass is 10.2. The van der Waals surface area contributed by atoms with Gasteiger partial charge in [-0.3, -0.25) is 4.57 Å². The minimum atomic E-state index is 0.622. The zero-order chi connectivity index (χ0) is 14.3. The van der Waals surface area contributed by atoms with Crippen LogP contribution in [-0.2, 0) is 0 Å². The van der Waals surface area contributed by atoms with Crippen LogP contribution in [0.5, 0.6) is 5.75 Å². The van der Waals surface area contributed by atoms with Crippen molar-refractivity contribution in [2.75, 3.05) is 7.11 Å². The molecule has 1 heterocycles. The standard InChI is InChI=1S/C14H10BrClN2OS/c1-19-9-3-4-11-13(7-9)18(14(20)17-11)12-5-2-8(16)6-10(12)15/h2-7H,1H3,(H,17,20). The van der Waals surface area contributed by atoms with Crippen LogP contribution in [0.4, 0.5) is 0 Å².